The predicted octanol–water partition coefficient (Wildman–Crippen LogP) is 2.22. The summed E-state index contributed by atoms with van der Waals surface area (Å²) in [5, 5.41) is 14.9. The van der Waals surface area contributed by atoms with Gasteiger partial charge in [0.25, 0.3) is 0 Å². The number of carbonyl (C=O) groups excluding carboxylic acids is 1. The number of likely N-dealkylation sites (N-methyl/N-ethyl adjacent to an activating group) is 2. The molecule has 10 heteroatoms. The highest BCUT2D eigenvalue weighted by atomic mass is 16.6. The first-order valence-electron chi connectivity index (χ1n) is 10.4. The number of amides is 1. The van der Waals surface area contributed by atoms with Gasteiger partial charge in [0.2, 0.25) is 17.5 Å². The van der Waals surface area contributed by atoms with E-state index in [4.69, 9.17) is 0 Å². The number of anilines is 3. The van der Waals surface area contributed by atoms with Crippen molar-refractivity contribution in [2.24, 2.45) is 0 Å². The first kappa shape index (κ1) is 22.4. The van der Waals surface area contributed by atoms with Gasteiger partial charge >= 0.3 is 5.69 Å². The highest BCUT2D eigenvalue weighted by molar-refractivity contribution is 5.95. The maximum absolute atomic E-state index is 12.8. The second kappa shape index (κ2) is 9.69. The molecular weight excluding hydrogens is 398 g/mol. The zero-order chi connectivity index (χ0) is 22.5. The molecule has 3 rings (SSSR count). The van der Waals surface area contributed by atoms with E-state index in [2.05, 4.69) is 20.2 Å². The molecule has 0 radical (unpaired) electrons. The molecule has 0 bridgehead atoms. The Labute approximate surface area is 182 Å². The number of carbonyl (C=O) groups is 1. The summed E-state index contributed by atoms with van der Waals surface area (Å²) >= 11 is 0. The van der Waals surface area contributed by atoms with Crippen LogP contribution in [0.2, 0.25) is 0 Å². The van der Waals surface area contributed by atoms with Crippen LogP contribution in [0.25, 0.3) is 0 Å². The lowest BCUT2D eigenvalue weighted by Crippen LogP contribution is -2.45. The fourth-order valence-corrected chi connectivity index (χ4v) is 3.71. The van der Waals surface area contributed by atoms with Gasteiger partial charge in [0.05, 0.1) is 11.5 Å². The Morgan fingerprint density at radius 1 is 1.19 bits per heavy atom. The van der Waals surface area contributed by atoms with Gasteiger partial charge in [0.1, 0.15) is 6.33 Å². The van der Waals surface area contributed by atoms with E-state index in [-0.39, 0.29) is 24.0 Å². The van der Waals surface area contributed by atoms with Crippen molar-refractivity contribution in [1.82, 2.24) is 14.9 Å². The number of nitrogens with one attached hydrogen (secondary N) is 1. The Bertz CT molecular complexity index is 938. The van der Waals surface area contributed by atoms with Crippen LogP contribution in [0.5, 0.6) is 0 Å². The largest absolute Gasteiger partial charge is 0.353 e. The van der Waals surface area contributed by atoms with Crippen molar-refractivity contribution >= 4 is 28.9 Å². The highest BCUT2D eigenvalue weighted by Crippen LogP contribution is 2.34. The molecule has 31 heavy (non-hydrogen) atoms. The van der Waals surface area contributed by atoms with Gasteiger partial charge in [-0.15, -0.1) is 0 Å². The summed E-state index contributed by atoms with van der Waals surface area (Å²) in [4.78, 5) is 38.4. The average Bonchev–Trinajstić information content (AvgIpc) is 2.74. The molecule has 1 fully saturated rings. The lowest BCUT2D eigenvalue weighted by molar-refractivity contribution is -0.383. The van der Waals surface area contributed by atoms with Crippen LogP contribution in [0.3, 0.4) is 0 Å². The number of aromatic nitrogens is 2. The molecular formula is C21H29N7O3. The molecule has 0 atom stereocenters. The van der Waals surface area contributed by atoms with Gasteiger partial charge in [0, 0.05) is 38.4 Å². The minimum atomic E-state index is -0.449. The Morgan fingerprint density at radius 3 is 2.42 bits per heavy atom. The zero-order valence-corrected chi connectivity index (χ0v) is 18.5. The van der Waals surface area contributed by atoms with E-state index in [1.807, 2.05) is 50.9 Å². The number of hydrogen-bond donors (Lipinski definition) is 1. The van der Waals surface area contributed by atoms with Gasteiger partial charge in [-0.25, -0.2) is 9.97 Å². The third kappa shape index (κ3) is 5.08. The molecule has 1 aromatic carbocycles. The molecule has 0 saturated carbocycles. The highest BCUT2D eigenvalue weighted by Gasteiger charge is 2.31. The lowest BCUT2D eigenvalue weighted by atomic mass is 10.1. The van der Waals surface area contributed by atoms with Gasteiger partial charge in [0.15, 0.2) is 0 Å². The second-order valence-corrected chi connectivity index (χ2v) is 7.75. The number of para-hydroxylation sites is 1. The summed E-state index contributed by atoms with van der Waals surface area (Å²) in [6, 6.07) is 5.79. The lowest BCUT2D eigenvalue weighted by Gasteiger charge is -2.33. The quantitative estimate of drug-likeness (QED) is 0.529. The molecule has 1 amide bonds. The van der Waals surface area contributed by atoms with Gasteiger partial charge in [-0.05, 0) is 38.9 Å². The summed E-state index contributed by atoms with van der Waals surface area (Å²) in [5.74, 6) is 0.207. The third-order valence-corrected chi connectivity index (χ3v) is 5.53. The molecule has 2 aromatic rings. The molecule has 2 heterocycles. The first-order chi connectivity index (χ1) is 14.8. The Hall–Kier alpha value is -3.27. The SMILES string of the molecule is CCN(CC(=O)Nc1c(C)cccc1C)c1ncnc(N2CCN(C)CC2)c1[N+](=O)[O-]. The molecule has 0 unspecified atom stereocenters. The van der Waals surface area contributed by atoms with E-state index < -0.39 is 4.92 Å². The smallest absolute Gasteiger partial charge is 0.348 e. The monoisotopic (exact) mass is 427 g/mol. The minimum absolute atomic E-state index is 0.0513. The fraction of sp³-hybridized carbons (Fsp3) is 0.476. The summed E-state index contributed by atoms with van der Waals surface area (Å²) in [5.41, 5.74) is 2.52. The van der Waals surface area contributed by atoms with Crippen molar-refractivity contribution in [3.63, 3.8) is 0 Å². The predicted molar refractivity (Wildman–Crippen MR) is 121 cm³/mol. The van der Waals surface area contributed by atoms with Crippen LogP contribution >= 0.6 is 0 Å². The van der Waals surface area contributed by atoms with Gasteiger partial charge in [-0.2, -0.15) is 0 Å². The topological polar surface area (TPSA) is 108 Å². The van der Waals surface area contributed by atoms with E-state index in [0.29, 0.717) is 25.5 Å². The molecule has 1 saturated heterocycles. The summed E-state index contributed by atoms with van der Waals surface area (Å²) in [7, 11) is 2.02. The molecule has 0 aliphatic carbocycles. The fourth-order valence-electron chi connectivity index (χ4n) is 3.71. The van der Waals surface area contributed by atoms with Crippen LogP contribution in [0.4, 0.5) is 23.0 Å². The van der Waals surface area contributed by atoms with Crippen LogP contribution in [0.1, 0.15) is 18.1 Å². The average molecular weight is 428 g/mol. The Balaban J connectivity index is 1.86. The van der Waals surface area contributed by atoms with Crippen LogP contribution in [0.15, 0.2) is 24.5 Å². The summed E-state index contributed by atoms with van der Waals surface area (Å²) in [6.07, 6.45) is 1.34. The van der Waals surface area contributed by atoms with Gasteiger partial charge in [-0.3, -0.25) is 14.9 Å². The second-order valence-electron chi connectivity index (χ2n) is 7.75. The Morgan fingerprint density at radius 2 is 1.84 bits per heavy atom. The van der Waals surface area contributed by atoms with Crippen molar-refractivity contribution < 1.29 is 9.72 Å². The number of aryl methyl sites for hydroxylation is 2. The zero-order valence-electron chi connectivity index (χ0n) is 18.5. The summed E-state index contributed by atoms with van der Waals surface area (Å²) < 4.78 is 0. The normalized spacial score (nSPS) is 14.4. The van der Waals surface area contributed by atoms with Gasteiger partial charge in [-0.1, -0.05) is 18.2 Å². The number of piperazine rings is 1. The number of nitro groups is 1. The summed E-state index contributed by atoms with van der Waals surface area (Å²) in [6.45, 7) is 8.92. The number of benzene rings is 1. The minimum Gasteiger partial charge on any atom is -0.348 e. The van der Waals surface area contributed by atoms with Crippen molar-refractivity contribution in [1.29, 1.82) is 0 Å². The van der Waals surface area contributed by atoms with Crippen molar-refractivity contribution in [2.45, 2.75) is 20.8 Å². The standard InChI is InChI=1S/C21H29N7O3/c1-5-26(13-17(29)24-18-15(2)7-6-8-16(18)3)20-19(28(30)31)21(23-14-22-20)27-11-9-25(4)10-12-27/h6-8,14H,5,9-13H2,1-4H3,(H,24,29). The van der Waals surface area contributed by atoms with Crippen LogP contribution in [-0.2, 0) is 4.79 Å². The van der Waals surface area contributed by atoms with Crippen molar-refractivity contribution in [2.75, 3.05) is 61.4 Å². The molecule has 1 aromatic heterocycles. The van der Waals surface area contributed by atoms with Crippen molar-refractivity contribution in [3.8, 4) is 0 Å². The van der Waals surface area contributed by atoms with Crippen LogP contribution in [0, 0.1) is 24.0 Å². The Kier molecular flexibility index (Phi) is 7.01. The molecule has 1 aliphatic heterocycles. The molecule has 10 nitrogen and oxygen atoms in total. The van der Waals surface area contributed by atoms with Crippen LogP contribution in [-0.4, -0.2) is 72.0 Å². The number of hydrogen-bond acceptors (Lipinski definition) is 8. The van der Waals surface area contributed by atoms with E-state index in [1.54, 1.807) is 4.90 Å². The molecule has 1 aliphatic rings. The van der Waals surface area contributed by atoms with Gasteiger partial charge < -0.3 is 20.0 Å². The molecule has 1 N–H and O–H groups in total. The van der Waals surface area contributed by atoms with Crippen LogP contribution < -0.4 is 15.1 Å². The maximum Gasteiger partial charge on any atom is 0.353 e. The van der Waals surface area contributed by atoms with E-state index in [0.717, 1.165) is 29.9 Å². The number of rotatable bonds is 7. The van der Waals surface area contributed by atoms with E-state index >= 15 is 0 Å². The number of nitrogens with zero attached hydrogens (tertiary/aromatic N) is 6. The molecule has 166 valence electrons. The van der Waals surface area contributed by atoms with E-state index in [9.17, 15) is 14.9 Å². The van der Waals surface area contributed by atoms with Crippen molar-refractivity contribution in [3.05, 3.63) is 45.8 Å². The van der Waals surface area contributed by atoms with E-state index in [1.165, 1.54) is 6.33 Å². The first-order valence-corrected chi connectivity index (χ1v) is 10.4. The maximum atomic E-state index is 12.8. The third-order valence-electron chi connectivity index (χ3n) is 5.53. The molecule has 0 spiro atoms.